The molecule has 6 heteroatoms. The van der Waals surface area contributed by atoms with E-state index < -0.39 is 0 Å². The lowest BCUT2D eigenvalue weighted by atomic mass is 10.1. The second kappa shape index (κ2) is 4.28. The lowest BCUT2D eigenvalue weighted by Crippen LogP contribution is -2.48. The minimum Gasteiger partial charge on any atom is -0.273 e. The number of aryl methyl sites for hydroxylation is 1. The third-order valence-corrected chi connectivity index (χ3v) is 2.07. The summed E-state index contributed by atoms with van der Waals surface area (Å²) in [5.74, 6) is 6.93. The van der Waals surface area contributed by atoms with Gasteiger partial charge in [0.25, 0.3) is 0 Å². The highest BCUT2D eigenvalue weighted by atomic mass is 35.5. The second-order valence-electron chi connectivity index (χ2n) is 4.22. The third kappa shape index (κ3) is 3.00. The first kappa shape index (κ1) is 12.1. The Hall–Kier alpha value is -0.940. The molecule has 1 aromatic rings. The molecule has 84 valence electrons. The largest absolute Gasteiger partial charge is 0.273 e. The van der Waals surface area contributed by atoms with Crippen molar-refractivity contribution in [2.75, 3.05) is 5.01 Å². The average Bonchev–Trinajstić information content (AvgIpc) is 2.14. The molecular weight excluding hydrogens is 214 g/mol. The van der Waals surface area contributed by atoms with Gasteiger partial charge in [-0.05, 0) is 32.4 Å². The molecule has 0 saturated heterocycles. The standard InChI is InChI=1S/C9H16ClN5/c1-5-6-12-7(10)14-8(13-6)15(11)9(2,3)4/h5,11H2,1-4H3. The Labute approximate surface area is 94.7 Å². The molecule has 2 N–H and O–H groups in total. The molecule has 0 fully saturated rings. The molecular formula is C9H16ClN5. The monoisotopic (exact) mass is 229 g/mol. The molecule has 0 unspecified atom stereocenters. The van der Waals surface area contributed by atoms with E-state index in [1.807, 2.05) is 27.7 Å². The van der Waals surface area contributed by atoms with Gasteiger partial charge >= 0.3 is 0 Å². The van der Waals surface area contributed by atoms with Crippen LogP contribution in [0.2, 0.25) is 5.28 Å². The van der Waals surface area contributed by atoms with Crippen LogP contribution in [-0.2, 0) is 6.42 Å². The number of rotatable bonds is 2. The molecule has 1 aromatic heterocycles. The third-order valence-electron chi connectivity index (χ3n) is 1.90. The maximum atomic E-state index is 5.89. The zero-order valence-corrected chi connectivity index (χ0v) is 10.2. The van der Waals surface area contributed by atoms with E-state index in [0.717, 1.165) is 0 Å². The summed E-state index contributed by atoms with van der Waals surface area (Å²) in [5.41, 5.74) is -0.254. The Kier molecular flexibility index (Phi) is 3.46. The summed E-state index contributed by atoms with van der Waals surface area (Å²) in [7, 11) is 0. The van der Waals surface area contributed by atoms with Crippen LogP contribution >= 0.6 is 11.6 Å². The zero-order valence-electron chi connectivity index (χ0n) is 9.45. The van der Waals surface area contributed by atoms with Crippen LogP contribution in [-0.4, -0.2) is 20.5 Å². The van der Waals surface area contributed by atoms with Crippen molar-refractivity contribution in [3.05, 3.63) is 11.1 Å². The molecule has 0 bridgehead atoms. The molecule has 0 aliphatic rings. The van der Waals surface area contributed by atoms with Crippen LogP contribution in [0.15, 0.2) is 0 Å². The molecule has 0 saturated carbocycles. The molecule has 0 aliphatic heterocycles. The van der Waals surface area contributed by atoms with Crippen molar-refractivity contribution in [1.82, 2.24) is 15.0 Å². The van der Waals surface area contributed by atoms with Crippen LogP contribution in [0.4, 0.5) is 5.95 Å². The molecule has 0 aromatic carbocycles. The quantitative estimate of drug-likeness (QED) is 0.616. The van der Waals surface area contributed by atoms with Crippen LogP contribution < -0.4 is 10.9 Å². The molecule has 15 heavy (non-hydrogen) atoms. The van der Waals surface area contributed by atoms with Crippen molar-refractivity contribution in [1.29, 1.82) is 0 Å². The van der Waals surface area contributed by atoms with Crippen molar-refractivity contribution in [2.45, 2.75) is 39.7 Å². The first-order valence-corrected chi connectivity index (χ1v) is 5.17. The maximum absolute atomic E-state index is 5.89. The molecule has 0 spiro atoms. The number of hydrazine groups is 1. The summed E-state index contributed by atoms with van der Waals surface area (Å²) in [6.45, 7) is 7.86. The van der Waals surface area contributed by atoms with E-state index in [4.69, 9.17) is 17.4 Å². The van der Waals surface area contributed by atoms with Gasteiger partial charge < -0.3 is 0 Å². The highest BCUT2D eigenvalue weighted by Crippen LogP contribution is 2.17. The Morgan fingerprint density at radius 1 is 1.27 bits per heavy atom. The Balaban J connectivity index is 3.09. The van der Waals surface area contributed by atoms with Gasteiger partial charge in [-0.3, -0.25) is 5.01 Å². The number of hydrogen-bond donors (Lipinski definition) is 1. The number of halogens is 1. The van der Waals surface area contributed by atoms with Gasteiger partial charge in [0.1, 0.15) is 5.82 Å². The number of nitrogens with two attached hydrogens (primary N) is 1. The maximum Gasteiger partial charge on any atom is 0.244 e. The van der Waals surface area contributed by atoms with Gasteiger partial charge in [-0.15, -0.1) is 0 Å². The first-order chi connectivity index (χ1) is 6.84. The summed E-state index contributed by atoms with van der Waals surface area (Å²) in [6.07, 6.45) is 0.702. The van der Waals surface area contributed by atoms with Crippen LogP contribution in [0.25, 0.3) is 0 Å². The van der Waals surface area contributed by atoms with Crippen LogP contribution in [0.5, 0.6) is 0 Å². The van der Waals surface area contributed by atoms with Crippen LogP contribution in [0.1, 0.15) is 33.5 Å². The van der Waals surface area contributed by atoms with Gasteiger partial charge in [-0.2, -0.15) is 9.97 Å². The van der Waals surface area contributed by atoms with Crippen molar-refractivity contribution in [3.63, 3.8) is 0 Å². The predicted molar refractivity (Wildman–Crippen MR) is 60.6 cm³/mol. The van der Waals surface area contributed by atoms with Crippen LogP contribution in [0, 0.1) is 0 Å². The zero-order chi connectivity index (χ0) is 11.6. The Morgan fingerprint density at radius 3 is 2.33 bits per heavy atom. The van der Waals surface area contributed by atoms with E-state index in [1.54, 1.807) is 0 Å². The predicted octanol–water partition coefficient (Wildman–Crippen LogP) is 1.57. The molecule has 0 aliphatic carbocycles. The van der Waals surface area contributed by atoms with Gasteiger partial charge in [-0.1, -0.05) is 6.92 Å². The van der Waals surface area contributed by atoms with Gasteiger partial charge in [0.05, 0.1) is 5.54 Å². The normalized spacial score (nSPS) is 11.6. The Morgan fingerprint density at radius 2 is 1.87 bits per heavy atom. The number of hydrogen-bond acceptors (Lipinski definition) is 5. The molecule has 0 amide bonds. The summed E-state index contributed by atoms with van der Waals surface area (Å²) >= 11 is 5.78. The van der Waals surface area contributed by atoms with Gasteiger partial charge in [-0.25, -0.2) is 10.8 Å². The van der Waals surface area contributed by atoms with E-state index in [1.165, 1.54) is 5.01 Å². The fraction of sp³-hybridized carbons (Fsp3) is 0.667. The topological polar surface area (TPSA) is 67.9 Å². The fourth-order valence-corrected chi connectivity index (χ4v) is 1.12. The highest BCUT2D eigenvalue weighted by Gasteiger charge is 2.21. The van der Waals surface area contributed by atoms with E-state index in [0.29, 0.717) is 18.2 Å². The summed E-state index contributed by atoms with van der Waals surface area (Å²) in [4.78, 5) is 12.2. The number of anilines is 1. The molecule has 0 atom stereocenters. The fourth-order valence-electron chi connectivity index (χ4n) is 0.945. The summed E-state index contributed by atoms with van der Waals surface area (Å²) < 4.78 is 0. The first-order valence-electron chi connectivity index (χ1n) is 4.80. The molecule has 5 nitrogen and oxygen atoms in total. The van der Waals surface area contributed by atoms with E-state index in [9.17, 15) is 0 Å². The van der Waals surface area contributed by atoms with E-state index >= 15 is 0 Å². The van der Waals surface area contributed by atoms with Crippen molar-refractivity contribution >= 4 is 17.5 Å². The van der Waals surface area contributed by atoms with Crippen LogP contribution in [0.3, 0.4) is 0 Å². The van der Waals surface area contributed by atoms with E-state index in [-0.39, 0.29) is 10.8 Å². The Bertz CT molecular complexity index is 347. The molecule has 0 radical (unpaired) electrons. The highest BCUT2D eigenvalue weighted by molar-refractivity contribution is 6.28. The van der Waals surface area contributed by atoms with Crippen molar-refractivity contribution < 1.29 is 0 Å². The molecule has 1 heterocycles. The smallest absolute Gasteiger partial charge is 0.244 e. The van der Waals surface area contributed by atoms with Gasteiger partial charge in [0, 0.05) is 6.42 Å². The lowest BCUT2D eigenvalue weighted by molar-refractivity contribution is 0.501. The van der Waals surface area contributed by atoms with Crippen molar-refractivity contribution in [2.24, 2.45) is 5.84 Å². The van der Waals surface area contributed by atoms with E-state index in [2.05, 4.69) is 15.0 Å². The summed E-state index contributed by atoms with van der Waals surface area (Å²) in [5, 5.41) is 1.66. The average molecular weight is 230 g/mol. The number of aromatic nitrogens is 3. The lowest BCUT2D eigenvalue weighted by Gasteiger charge is -2.30. The SMILES string of the molecule is CCc1nc(Cl)nc(N(N)C(C)(C)C)n1. The van der Waals surface area contributed by atoms with Gasteiger partial charge in [0.2, 0.25) is 11.2 Å². The minimum atomic E-state index is -0.254. The summed E-state index contributed by atoms with van der Waals surface area (Å²) in [6, 6.07) is 0. The molecule has 1 rings (SSSR count). The number of nitrogens with zero attached hydrogens (tertiary/aromatic N) is 4. The second-order valence-corrected chi connectivity index (χ2v) is 4.55. The minimum absolute atomic E-state index is 0.177. The van der Waals surface area contributed by atoms with Gasteiger partial charge in [0.15, 0.2) is 0 Å². The van der Waals surface area contributed by atoms with Crippen molar-refractivity contribution in [3.8, 4) is 0 Å².